The molecule has 0 saturated carbocycles. The van der Waals surface area contributed by atoms with Gasteiger partial charge in [-0.15, -0.1) is 0 Å². The Morgan fingerprint density at radius 2 is 1.95 bits per heavy atom. The number of benzene rings is 1. The molecule has 104 valence electrons. The molecule has 0 bridgehead atoms. The molecule has 2 heterocycles. The van der Waals surface area contributed by atoms with E-state index in [0.29, 0.717) is 22.2 Å². The van der Waals surface area contributed by atoms with E-state index < -0.39 is 0 Å². The maximum atomic E-state index is 12.5. The number of hydrogen-bond acceptors (Lipinski definition) is 4. The van der Waals surface area contributed by atoms with Crippen molar-refractivity contribution >= 4 is 40.8 Å². The number of anilines is 2. The SMILES string of the molecule is Nc1ncccc1/C=C1/NC(=S)N(c2ccccc2)C1=O. The van der Waals surface area contributed by atoms with Gasteiger partial charge in [0.2, 0.25) is 0 Å². The van der Waals surface area contributed by atoms with Crippen molar-refractivity contribution in [1.29, 1.82) is 0 Å². The zero-order valence-electron chi connectivity index (χ0n) is 11.0. The van der Waals surface area contributed by atoms with E-state index in [4.69, 9.17) is 18.0 Å². The first-order valence-electron chi connectivity index (χ1n) is 6.29. The van der Waals surface area contributed by atoms with E-state index >= 15 is 0 Å². The summed E-state index contributed by atoms with van der Waals surface area (Å²) in [6.45, 7) is 0. The highest BCUT2D eigenvalue weighted by molar-refractivity contribution is 7.80. The second-order valence-electron chi connectivity index (χ2n) is 4.44. The second kappa shape index (κ2) is 5.34. The predicted molar refractivity (Wildman–Crippen MR) is 86.3 cm³/mol. The van der Waals surface area contributed by atoms with E-state index in [-0.39, 0.29) is 5.91 Å². The van der Waals surface area contributed by atoms with Gasteiger partial charge in [0.25, 0.3) is 5.91 Å². The Morgan fingerprint density at radius 1 is 1.19 bits per heavy atom. The number of nitrogen functional groups attached to an aromatic ring is 1. The Labute approximate surface area is 127 Å². The molecule has 21 heavy (non-hydrogen) atoms. The molecule has 1 aromatic heterocycles. The second-order valence-corrected chi connectivity index (χ2v) is 4.83. The number of aromatic nitrogens is 1. The third-order valence-electron chi connectivity index (χ3n) is 3.06. The van der Waals surface area contributed by atoms with Gasteiger partial charge in [-0.3, -0.25) is 9.69 Å². The first-order chi connectivity index (χ1) is 10.2. The Kier molecular flexibility index (Phi) is 3.37. The van der Waals surface area contributed by atoms with Crippen LogP contribution in [0.5, 0.6) is 0 Å². The van der Waals surface area contributed by atoms with Crippen LogP contribution >= 0.6 is 12.2 Å². The Balaban J connectivity index is 1.96. The molecule has 0 radical (unpaired) electrons. The molecular weight excluding hydrogens is 284 g/mol. The van der Waals surface area contributed by atoms with Crippen LogP contribution in [-0.4, -0.2) is 16.0 Å². The highest BCUT2D eigenvalue weighted by Crippen LogP contribution is 2.22. The quantitative estimate of drug-likeness (QED) is 0.654. The van der Waals surface area contributed by atoms with Crippen LogP contribution in [0.4, 0.5) is 11.5 Å². The van der Waals surface area contributed by atoms with Gasteiger partial charge < -0.3 is 11.1 Å². The average Bonchev–Trinajstić information content (AvgIpc) is 2.77. The van der Waals surface area contributed by atoms with Gasteiger partial charge in [0.05, 0.1) is 5.69 Å². The molecule has 1 amide bonds. The van der Waals surface area contributed by atoms with Crippen LogP contribution in [0.2, 0.25) is 0 Å². The van der Waals surface area contributed by atoms with E-state index in [0.717, 1.165) is 5.69 Å². The predicted octanol–water partition coefficient (Wildman–Crippen LogP) is 1.93. The highest BCUT2D eigenvalue weighted by atomic mass is 32.1. The number of rotatable bonds is 2. The lowest BCUT2D eigenvalue weighted by Crippen LogP contribution is -2.30. The van der Waals surface area contributed by atoms with Crippen LogP contribution in [-0.2, 0) is 4.79 Å². The van der Waals surface area contributed by atoms with Crippen molar-refractivity contribution in [3.05, 3.63) is 59.9 Å². The zero-order chi connectivity index (χ0) is 14.8. The molecule has 0 spiro atoms. The van der Waals surface area contributed by atoms with Gasteiger partial charge in [0.1, 0.15) is 11.5 Å². The monoisotopic (exact) mass is 296 g/mol. The Morgan fingerprint density at radius 3 is 2.67 bits per heavy atom. The fourth-order valence-electron chi connectivity index (χ4n) is 2.05. The molecule has 6 heteroatoms. The summed E-state index contributed by atoms with van der Waals surface area (Å²) >= 11 is 5.23. The number of carbonyl (C=O) groups is 1. The minimum atomic E-state index is -0.213. The maximum absolute atomic E-state index is 12.5. The molecule has 3 rings (SSSR count). The third kappa shape index (κ3) is 2.48. The van der Waals surface area contributed by atoms with Crippen molar-refractivity contribution in [2.45, 2.75) is 0 Å². The molecule has 1 aromatic carbocycles. The molecule has 0 unspecified atom stereocenters. The van der Waals surface area contributed by atoms with E-state index in [1.807, 2.05) is 30.3 Å². The normalized spacial score (nSPS) is 16.4. The van der Waals surface area contributed by atoms with E-state index in [2.05, 4.69) is 10.3 Å². The van der Waals surface area contributed by atoms with E-state index in [1.54, 1.807) is 24.4 Å². The maximum Gasteiger partial charge on any atom is 0.281 e. The van der Waals surface area contributed by atoms with Gasteiger partial charge in [-0.2, -0.15) is 0 Å². The fourth-order valence-corrected chi connectivity index (χ4v) is 2.35. The molecule has 5 nitrogen and oxygen atoms in total. The Bertz CT molecular complexity index is 742. The molecule has 0 atom stereocenters. The number of para-hydroxylation sites is 1. The summed E-state index contributed by atoms with van der Waals surface area (Å²) in [5, 5.41) is 3.26. The Hall–Kier alpha value is -2.73. The number of thiocarbonyl (C=S) groups is 1. The summed E-state index contributed by atoms with van der Waals surface area (Å²) in [7, 11) is 0. The van der Waals surface area contributed by atoms with Gasteiger partial charge in [0.15, 0.2) is 5.11 Å². The summed E-state index contributed by atoms with van der Waals surface area (Å²) in [6, 6.07) is 12.8. The van der Waals surface area contributed by atoms with Crippen molar-refractivity contribution in [2.75, 3.05) is 10.6 Å². The first-order valence-corrected chi connectivity index (χ1v) is 6.70. The average molecular weight is 296 g/mol. The number of carbonyl (C=O) groups excluding carboxylic acids is 1. The standard InChI is InChI=1S/C15H12N4OS/c16-13-10(5-4-8-17-13)9-12-14(20)19(15(21)18-12)11-6-2-1-3-7-11/h1-9H,(H2,16,17)(H,18,21)/b12-9+. The van der Waals surface area contributed by atoms with E-state index in [1.165, 1.54) is 4.90 Å². The largest absolute Gasteiger partial charge is 0.383 e. The van der Waals surface area contributed by atoms with Crippen LogP contribution in [0.1, 0.15) is 5.56 Å². The number of nitrogens with zero attached hydrogens (tertiary/aromatic N) is 2. The number of hydrogen-bond donors (Lipinski definition) is 2. The summed E-state index contributed by atoms with van der Waals surface area (Å²) < 4.78 is 0. The topological polar surface area (TPSA) is 71.2 Å². The fraction of sp³-hybridized carbons (Fsp3) is 0. The smallest absolute Gasteiger partial charge is 0.281 e. The summed E-state index contributed by atoms with van der Waals surface area (Å²) in [6.07, 6.45) is 3.25. The van der Waals surface area contributed by atoms with Crippen LogP contribution < -0.4 is 16.0 Å². The van der Waals surface area contributed by atoms with Crippen LogP contribution in [0.15, 0.2) is 54.4 Å². The highest BCUT2D eigenvalue weighted by Gasteiger charge is 2.31. The van der Waals surface area contributed by atoms with Gasteiger partial charge in [-0.25, -0.2) is 4.98 Å². The van der Waals surface area contributed by atoms with Crippen molar-refractivity contribution in [3.63, 3.8) is 0 Å². The number of amides is 1. The van der Waals surface area contributed by atoms with Crippen molar-refractivity contribution in [1.82, 2.24) is 10.3 Å². The number of nitrogens with two attached hydrogens (primary N) is 1. The van der Waals surface area contributed by atoms with Crippen LogP contribution in [0.25, 0.3) is 6.08 Å². The van der Waals surface area contributed by atoms with Crippen molar-refractivity contribution in [2.24, 2.45) is 0 Å². The lowest BCUT2D eigenvalue weighted by atomic mass is 10.2. The van der Waals surface area contributed by atoms with Gasteiger partial charge in [0, 0.05) is 11.8 Å². The number of pyridine rings is 1. The summed E-state index contributed by atoms with van der Waals surface area (Å²) in [5.74, 6) is 0.151. The first kappa shape index (κ1) is 13.3. The minimum absolute atomic E-state index is 0.213. The molecule has 1 saturated heterocycles. The number of nitrogens with one attached hydrogen (secondary N) is 1. The van der Waals surface area contributed by atoms with Crippen LogP contribution in [0, 0.1) is 0 Å². The molecule has 1 aliphatic rings. The zero-order valence-corrected chi connectivity index (χ0v) is 11.8. The molecule has 0 aliphatic carbocycles. The summed E-state index contributed by atoms with van der Waals surface area (Å²) in [4.78, 5) is 17.9. The summed E-state index contributed by atoms with van der Waals surface area (Å²) in [5.41, 5.74) is 7.56. The van der Waals surface area contributed by atoms with Gasteiger partial charge in [-0.05, 0) is 42.6 Å². The van der Waals surface area contributed by atoms with Crippen molar-refractivity contribution in [3.8, 4) is 0 Å². The lowest BCUT2D eigenvalue weighted by Gasteiger charge is -2.13. The molecule has 1 fully saturated rings. The molecule has 3 N–H and O–H groups in total. The van der Waals surface area contributed by atoms with E-state index in [9.17, 15) is 4.79 Å². The third-order valence-corrected chi connectivity index (χ3v) is 3.35. The lowest BCUT2D eigenvalue weighted by molar-refractivity contribution is -0.113. The minimum Gasteiger partial charge on any atom is -0.383 e. The molecule has 1 aliphatic heterocycles. The molecular formula is C15H12N4OS. The van der Waals surface area contributed by atoms with Crippen LogP contribution in [0.3, 0.4) is 0 Å². The molecule has 2 aromatic rings. The van der Waals surface area contributed by atoms with Crippen molar-refractivity contribution < 1.29 is 4.79 Å². The van der Waals surface area contributed by atoms with Gasteiger partial charge in [-0.1, -0.05) is 18.2 Å². The van der Waals surface area contributed by atoms with Gasteiger partial charge >= 0.3 is 0 Å².